The Bertz CT molecular complexity index is 536. The van der Waals surface area contributed by atoms with Crippen LogP contribution in [0.15, 0.2) is 41.5 Å². The maximum atomic E-state index is 13.0. The largest absolute Gasteiger partial charge is 0.352 e. The number of aromatic nitrogens is 2. The van der Waals surface area contributed by atoms with Crippen LogP contribution in [0.25, 0.3) is 0 Å². The summed E-state index contributed by atoms with van der Waals surface area (Å²) in [5, 5.41) is 13.0. The van der Waals surface area contributed by atoms with E-state index in [9.17, 15) is 4.39 Å². The minimum absolute atomic E-state index is 0.236. The monoisotopic (exact) mass is 261 g/mol. The first-order valence-electron chi connectivity index (χ1n) is 5.95. The molecule has 0 atom stereocenters. The Morgan fingerprint density at radius 2 is 2.16 bits per heavy atom. The van der Waals surface area contributed by atoms with Crippen LogP contribution >= 0.6 is 0 Å². The minimum Gasteiger partial charge on any atom is -0.352 e. The molecule has 1 aromatic heterocycles. The molecule has 0 saturated heterocycles. The average molecular weight is 261 g/mol. The minimum atomic E-state index is -0.236. The van der Waals surface area contributed by atoms with E-state index in [0.717, 1.165) is 11.3 Å². The SMILES string of the molecule is CN=C(NCc1cccc(F)c1)NCc1ccn[nH]1. The molecule has 0 aliphatic rings. The molecule has 0 spiro atoms. The van der Waals surface area contributed by atoms with Crippen molar-refractivity contribution in [2.24, 2.45) is 4.99 Å². The van der Waals surface area contributed by atoms with Gasteiger partial charge < -0.3 is 10.6 Å². The standard InChI is InChI=1S/C13H16FN5/c1-15-13(17-9-12-5-6-18-19-12)16-8-10-3-2-4-11(14)7-10/h2-7H,8-9H2,1H3,(H,18,19)(H2,15,16,17). The second-order valence-corrected chi connectivity index (χ2v) is 3.99. The summed E-state index contributed by atoms with van der Waals surface area (Å²) in [7, 11) is 1.69. The number of H-pyrrole nitrogens is 1. The van der Waals surface area contributed by atoms with E-state index >= 15 is 0 Å². The van der Waals surface area contributed by atoms with Gasteiger partial charge in [0, 0.05) is 19.8 Å². The second-order valence-electron chi connectivity index (χ2n) is 3.99. The third-order valence-corrected chi connectivity index (χ3v) is 2.58. The predicted molar refractivity (Wildman–Crippen MR) is 72.0 cm³/mol. The van der Waals surface area contributed by atoms with Crippen LogP contribution in [0.4, 0.5) is 4.39 Å². The summed E-state index contributed by atoms with van der Waals surface area (Å²) in [5.74, 6) is 0.415. The molecular weight excluding hydrogens is 245 g/mol. The van der Waals surface area contributed by atoms with Crippen LogP contribution < -0.4 is 10.6 Å². The Labute approximate surface area is 111 Å². The average Bonchev–Trinajstić information content (AvgIpc) is 2.92. The van der Waals surface area contributed by atoms with Crippen molar-refractivity contribution < 1.29 is 4.39 Å². The number of aliphatic imine (C=N–C) groups is 1. The third-order valence-electron chi connectivity index (χ3n) is 2.58. The zero-order chi connectivity index (χ0) is 13.5. The summed E-state index contributed by atoms with van der Waals surface area (Å²) in [5.41, 5.74) is 1.83. The molecule has 0 aliphatic heterocycles. The molecule has 0 saturated carbocycles. The second kappa shape index (κ2) is 6.53. The van der Waals surface area contributed by atoms with Crippen molar-refractivity contribution in [3.63, 3.8) is 0 Å². The first kappa shape index (κ1) is 13.1. The number of nitrogens with one attached hydrogen (secondary N) is 3. The van der Waals surface area contributed by atoms with Crippen molar-refractivity contribution in [2.45, 2.75) is 13.1 Å². The Kier molecular flexibility index (Phi) is 4.49. The number of nitrogens with zero attached hydrogens (tertiary/aromatic N) is 2. The smallest absolute Gasteiger partial charge is 0.191 e. The van der Waals surface area contributed by atoms with Gasteiger partial charge in [-0.15, -0.1) is 0 Å². The number of rotatable bonds is 4. The van der Waals surface area contributed by atoms with E-state index in [4.69, 9.17) is 0 Å². The molecule has 6 heteroatoms. The molecule has 0 amide bonds. The predicted octanol–water partition coefficient (Wildman–Crippen LogP) is 1.41. The normalized spacial score (nSPS) is 11.4. The summed E-state index contributed by atoms with van der Waals surface area (Å²) in [6.07, 6.45) is 1.69. The molecule has 2 rings (SSSR count). The summed E-state index contributed by atoms with van der Waals surface area (Å²) < 4.78 is 13.0. The maximum absolute atomic E-state index is 13.0. The van der Waals surface area contributed by atoms with Gasteiger partial charge in [-0.1, -0.05) is 12.1 Å². The zero-order valence-electron chi connectivity index (χ0n) is 10.7. The Balaban J connectivity index is 1.83. The lowest BCUT2D eigenvalue weighted by Crippen LogP contribution is -2.36. The van der Waals surface area contributed by atoms with Gasteiger partial charge in [-0.2, -0.15) is 5.10 Å². The Hall–Kier alpha value is -2.37. The molecule has 5 nitrogen and oxygen atoms in total. The molecule has 0 fully saturated rings. The number of hydrogen-bond donors (Lipinski definition) is 3. The molecule has 2 aromatic rings. The highest BCUT2D eigenvalue weighted by Gasteiger charge is 2.00. The van der Waals surface area contributed by atoms with Gasteiger partial charge in [0.2, 0.25) is 0 Å². The molecule has 100 valence electrons. The van der Waals surface area contributed by atoms with E-state index < -0.39 is 0 Å². The number of hydrogen-bond acceptors (Lipinski definition) is 2. The summed E-state index contributed by atoms with van der Waals surface area (Å²) >= 11 is 0. The lowest BCUT2D eigenvalue weighted by atomic mass is 10.2. The van der Waals surface area contributed by atoms with Gasteiger partial charge in [-0.25, -0.2) is 4.39 Å². The first-order chi connectivity index (χ1) is 9.28. The number of guanidine groups is 1. The summed E-state index contributed by atoms with van der Waals surface area (Å²) in [4.78, 5) is 4.09. The molecule has 0 bridgehead atoms. The molecular formula is C13H16FN5. The van der Waals surface area contributed by atoms with Crippen molar-refractivity contribution in [3.05, 3.63) is 53.6 Å². The highest BCUT2D eigenvalue weighted by Crippen LogP contribution is 2.02. The van der Waals surface area contributed by atoms with E-state index in [1.165, 1.54) is 12.1 Å². The molecule has 3 N–H and O–H groups in total. The van der Waals surface area contributed by atoms with Crippen LogP contribution in [-0.2, 0) is 13.1 Å². The fourth-order valence-corrected chi connectivity index (χ4v) is 1.62. The number of benzene rings is 1. The molecule has 0 unspecified atom stereocenters. The third kappa shape index (κ3) is 4.09. The van der Waals surface area contributed by atoms with Gasteiger partial charge in [0.15, 0.2) is 5.96 Å². The van der Waals surface area contributed by atoms with Gasteiger partial charge in [0.1, 0.15) is 5.82 Å². The van der Waals surface area contributed by atoms with Crippen molar-refractivity contribution in [2.75, 3.05) is 7.05 Å². The Morgan fingerprint density at radius 1 is 1.32 bits per heavy atom. The van der Waals surface area contributed by atoms with Gasteiger partial charge in [-0.3, -0.25) is 10.1 Å². The summed E-state index contributed by atoms with van der Waals surface area (Å²) in [6.45, 7) is 1.11. The topological polar surface area (TPSA) is 65.1 Å². The van der Waals surface area contributed by atoms with Gasteiger partial charge in [-0.05, 0) is 23.8 Å². The summed E-state index contributed by atoms with van der Waals surface area (Å²) in [6, 6.07) is 8.35. The maximum Gasteiger partial charge on any atom is 0.191 e. The highest BCUT2D eigenvalue weighted by molar-refractivity contribution is 5.79. The van der Waals surface area contributed by atoms with E-state index in [1.807, 2.05) is 12.1 Å². The lowest BCUT2D eigenvalue weighted by molar-refractivity contribution is 0.624. The molecule has 1 heterocycles. The van der Waals surface area contributed by atoms with E-state index in [1.54, 1.807) is 19.3 Å². The number of halogens is 1. The van der Waals surface area contributed by atoms with Gasteiger partial charge >= 0.3 is 0 Å². The van der Waals surface area contributed by atoms with Crippen molar-refractivity contribution >= 4 is 5.96 Å². The molecule has 1 aromatic carbocycles. The molecule has 19 heavy (non-hydrogen) atoms. The van der Waals surface area contributed by atoms with Crippen molar-refractivity contribution in [3.8, 4) is 0 Å². The van der Waals surface area contributed by atoms with Crippen LogP contribution in [0.2, 0.25) is 0 Å². The Morgan fingerprint density at radius 3 is 2.84 bits per heavy atom. The molecule has 0 radical (unpaired) electrons. The van der Waals surface area contributed by atoms with Crippen LogP contribution in [0, 0.1) is 5.82 Å². The first-order valence-corrected chi connectivity index (χ1v) is 5.95. The van der Waals surface area contributed by atoms with Crippen molar-refractivity contribution in [1.29, 1.82) is 0 Å². The number of aromatic amines is 1. The van der Waals surface area contributed by atoms with E-state index in [2.05, 4.69) is 25.8 Å². The molecule has 0 aliphatic carbocycles. The van der Waals surface area contributed by atoms with Gasteiger partial charge in [0.05, 0.1) is 12.2 Å². The van der Waals surface area contributed by atoms with Crippen LogP contribution in [0.3, 0.4) is 0 Å². The van der Waals surface area contributed by atoms with Crippen LogP contribution in [-0.4, -0.2) is 23.2 Å². The van der Waals surface area contributed by atoms with E-state index in [-0.39, 0.29) is 5.82 Å². The fraction of sp³-hybridized carbons (Fsp3) is 0.231. The van der Waals surface area contributed by atoms with Crippen LogP contribution in [0.1, 0.15) is 11.3 Å². The van der Waals surface area contributed by atoms with Crippen molar-refractivity contribution in [1.82, 2.24) is 20.8 Å². The lowest BCUT2D eigenvalue weighted by Gasteiger charge is -2.11. The quantitative estimate of drug-likeness (QED) is 0.576. The van der Waals surface area contributed by atoms with Gasteiger partial charge in [0.25, 0.3) is 0 Å². The van der Waals surface area contributed by atoms with Crippen LogP contribution in [0.5, 0.6) is 0 Å². The zero-order valence-corrected chi connectivity index (χ0v) is 10.7. The highest BCUT2D eigenvalue weighted by atomic mass is 19.1. The van der Waals surface area contributed by atoms with E-state index in [0.29, 0.717) is 19.0 Å². The fourth-order valence-electron chi connectivity index (χ4n) is 1.62.